The molecule has 2 aromatic heterocycles. The normalized spacial score (nSPS) is 9.89. The molecule has 0 radical (unpaired) electrons. The van der Waals surface area contributed by atoms with Crippen molar-refractivity contribution in [3.63, 3.8) is 0 Å². The predicted molar refractivity (Wildman–Crippen MR) is 70.8 cm³/mol. The third-order valence-electron chi connectivity index (χ3n) is 2.38. The van der Waals surface area contributed by atoms with Gasteiger partial charge >= 0.3 is 0 Å². The van der Waals surface area contributed by atoms with Gasteiger partial charge in [-0.2, -0.15) is 0 Å². The minimum absolute atomic E-state index is 0.195. The van der Waals surface area contributed by atoms with Crippen molar-refractivity contribution in [3.05, 3.63) is 48.4 Å². The van der Waals surface area contributed by atoms with Gasteiger partial charge in [-0.25, -0.2) is 4.98 Å². The molecule has 0 saturated heterocycles. The summed E-state index contributed by atoms with van der Waals surface area (Å²) in [4.78, 5) is 22.0. The maximum absolute atomic E-state index is 12.0. The molecule has 5 heteroatoms. The van der Waals surface area contributed by atoms with Crippen LogP contribution in [0.2, 0.25) is 0 Å². The van der Waals surface area contributed by atoms with Crippen LogP contribution < -0.4 is 10.2 Å². The molecule has 0 aliphatic heterocycles. The molecule has 0 atom stereocenters. The van der Waals surface area contributed by atoms with E-state index in [0.29, 0.717) is 11.3 Å². The van der Waals surface area contributed by atoms with Crippen molar-refractivity contribution in [1.29, 1.82) is 0 Å². The lowest BCUT2D eigenvalue weighted by atomic mass is 10.2. The molecule has 2 rings (SSSR count). The van der Waals surface area contributed by atoms with Crippen molar-refractivity contribution in [2.75, 3.05) is 24.3 Å². The highest BCUT2D eigenvalue weighted by Gasteiger charge is 2.10. The summed E-state index contributed by atoms with van der Waals surface area (Å²) in [5.74, 6) is 0.522. The van der Waals surface area contributed by atoms with Crippen LogP contribution in [0.1, 0.15) is 10.4 Å². The van der Waals surface area contributed by atoms with Crippen LogP contribution in [0, 0.1) is 0 Å². The molecule has 18 heavy (non-hydrogen) atoms. The standard InChI is InChI=1S/C13H14N4O/c1-17(2)12-11(6-4-8-15-12)16-13(18)10-5-3-7-14-9-10/h3-9H,1-2H3,(H,16,18). The van der Waals surface area contributed by atoms with Crippen LogP contribution in [0.4, 0.5) is 11.5 Å². The van der Waals surface area contributed by atoms with Crippen molar-refractivity contribution in [2.24, 2.45) is 0 Å². The van der Waals surface area contributed by atoms with E-state index >= 15 is 0 Å². The van der Waals surface area contributed by atoms with Crippen molar-refractivity contribution in [2.45, 2.75) is 0 Å². The second-order valence-electron chi connectivity index (χ2n) is 3.96. The molecule has 0 aromatic carbocycles. The number of amides is 1. The predicted octanol–water partition coefficient (Wildman–Crippen LogP) is 1.79. The average Bonchev–Trinajstić information content (AvgIpc) is 2.40. The zero-order valence-electron chi connectivity index (χ0n) is 10.3. The number of nitrogens with one attached hydrogen (secondary N) is 1. The Kier molecular flexibility index (Phi) is 3.52. The Hall–Kier alpha value is -2.43. The smallest absolute Gasteiger partial charge is 0.257 e. The van der Waals surface area contributed by atoms with Gasteiger partial charge in [-0.1, -0.05) is 0 Å². The maximum atomic E-state index is 12.0. The summed E-state index contributed by atoms with van der Waals surface area (Å²) in [6.45, 7) is 0. The highest BCUT2D eigenvalue weighted by atomic mass is 16.1. The largest absolute Gasteiger partial charge is 0.361 e. The molecular weight excluding hydrogens is 228 g/mol. The quantitative estimate of drug-likeness (QED) is 0.891. The zero-order chi connectivity index (χ0) is 13.0. The van der Waals surface area contributed by atoms with Crippen molar-refractivity contribution < 1.29 is 4.79 Å². The monoisotopic (exact) mass is 242 g/mol. The first-order valence-electron chi connectivity index (χ1n) is 5.52. The molecule has 0 saturated carbocycles. The van der Waals surface area contributed by atoms with Gasteiger partial charge in [0, 0.05) is 32.7 Å². The summed E-state index contributed by atoms with van der Waals surface area (Å²) < 4.78 is 0. The molecule has 92 valence electrons. The van der Waals surface area contributed by atoms with Crippen LogP contribution >= 0.6 is 0 Å². The van der Waals surface area contributed by atoms with Crippen LogP contribution in [-0.4, -0.2) is 30.0 Å². The van der Waals surface area contributed by atoms with Crippen LogP contribution in [-0.2, 0) is 0 Å². The number of carbonyl (C=O) groups is 1. The van der Waals surface area contributed by atoms with Crippen molar-refractivity contribution in [3.8, 4) is 0 Å². The van der Waals surface area contributed by atoms with E-state index < -0.39 is 0 Å². The molecule has 0 spiro atoms. The minimum Gasteiger partial charge on any atom is -0.361 e. The molecule has 5 nitrogen and oxygen atoms in total. The van der Waals surface area contributed by atoms with E-state index in [4.69, 9.17) is 0 Å². The Bertz CT molecular complexity index is 540. The lowest BCUT2D eigenvalue weighted by Gasteiger charge is -2.16. The van der Waals surface area contributed by atoms with E-state index in [1.165, 1.54) is 6.20 Å². The molecule has 0 aliphatic carbocycles. The number of anilines is 2. The summed E-state index contributed by atoms with van der Waals surface area (Å²) in [6.07, 6.45) is 4.85. The second kappa shape index (κ2) is 5.27. The molecular formula is C13H14N4O. The maximum Gasteiger partial charge on any atom is 0.257 e. The Morgan fingerprint density at radius 2 is 2.00 bits per heavy atom. The summed E-state index contributed by atoms with van der Waals surface area (Å²) in [5, 5.41) is 2.83. The summed E-state index contributed by atoms with van der Waals surface area (Å²) in [5.41, 5.74) is 1.20. The summed E-state index contributed by atoms with van der Waals surface area (Å²) >= 11 is 0. The van der Waals surface area contributed by atoms with Crippen LogP contribution in [0.5, 0.6) is 0 Å². The van der Waals surface area contributed by atoms with Crippen molar-refractivity contribution in [1.82, 2.24) is 9.97 Å². The SMILES string of the molecule is CN(C)c1ncccc1NC(=O)c1cccnc1. The number of carbonyl (C=O) groups excluding carboxylic acids is 1. The lowest BCUT2D eigenvalue weighted by Crippen LogP contribution is -2.17. The van der Waals surface area contributed by atoms with Gasteiger partial charge in [0.05, 0.1) is 11.3 Å². The fraction of sp³-hybridized carbons (Fsp3) is 0.154. The van der Waals surface area contributed by atoms with Gasteiger partial charge in [0.2, 0.25) is 0 Å². The first-order valence-corrected chi connectivity index (χ1v) is 5.52. The molecule has 0 fully saturated rings. The number of nitrogens with zero attached hydrogens (tertiary/aromatic N) is 3. The van der Waals surface area contributed by atoms with Gasteiger partial charge in [0.25, 0.3) is 5.91 Å². The van der Waals surface area contributed by atoms with Crippen LogP contribution in [0.15, 0.2) is 42.9 Å². The van der Waals surface area contributed by atoms with Gasteiger partial charge in [0.15, 0.2) is 5.82 Å². The molecule has 0 unspecified atom stereocenters. The number of aromatic nitrogens is 2. The Morgan fingerprint density at radius 3 is 2.67 bits per heavy atom. The first kappa shape index (κ1) is 12.0. The number of hydrogen-bond acceptors (Lipinski definition) is 4. The van der Waals surface area contributed by atoms with E-state index in [9.17, 15) is 4.79 Å². The summed E-state index contributed by atoms with van der Waals surface area (Å²) in [6, 6.07) is 7.04. The third-order valence-corrected chi connectivity index (χ3v) is 2.38. The Balaban J connectivity index is 2.22. The van der Waals surface area contributed by atoms with Crippen molar-refractivity contribution >= 4 is 17.4 Å². The van der Waals surface area contributed by atoms with E-state index in [2.05, 4.69) is 15.3 Å². The fourth-order valence-corrected chi connectivity index (χ4v) is 1.54. The van der Waals surface area contributed by atoms with E-state index in [1.54, 1.807) is 30.6 Å². The second-order valence-corrected chi connectivity index (χ2v) is 3.96. The van der Waals surface area contributed by atoms with E-state index in [0.717, 1.165) is 5.82 Å². The molecule has 1 amide bonds. The van der Waals surface area contributed by atoms with E-state index in [1.807, 2.05) is 25.1 Å². The fourth-order valence-electron chi connectivity index (χ4n) is 1.54. The van der Waals surface area contributed by atoms with Gasteiger partial charge < -0.3 is 10.2 Å². The van der Waals surface area contributed by atoms with Crippen LogP contribution in [0.25, 0.3) is 0 Å². The third kappa shape index (κ3) is 2.63. The van der Waals surface area contributed by atoms with Gasteiger partial charge in [-0.15, -0.1) is 0 Å². The molecule has 2 heterocycles. The summed E-state index contributed by atoms with van der Waals surface area (Å²) in [7, 11) is 3.75. The van der Waals surface area contributed by atoms with Gasteiger partial charge in [0.1, 0.15) is 0 Å². The van der Waals surface area contributed by atoms with Gasteiger partial charge in [-0.05, 0) is 24.3 Å². The number of rotatable bonds is 3. The zero-order valence-corrected chi connectivity index (χ0v) is 10.3. The number of pyridine rings is 2. The highest BCUT2D eigenvalue weighted by molar-refractivity contribution is 6.05. The lowest BCUT2D eigenvalue weighted by molar-refractivity contribution is 0.102. The average molecular weight is 242 g/mol. The minimum atomic E-state index is -0.195. The van der Waals surface area contributed by atoms with Crippen LogP contribution in [0.3, 0.4) is 0 Å². The Morgan fingerprint density at radius 1 is 1.22 bits per heavy atom. The van der Waals surface area contributed by atoms with Gasteiger partial charge in [-0.3, -0.25) is 9.78 Å². The molecule has 0 aliphatic rings. The Labute approximate surface area is 105 Å². The molecule has 0 bridgehead atoms. The topological polar surface area (TPSA) is 58.1 Å². The molecule has 1 N–H and O–H groups in total. The highest BCUT2D eigenvalue weighted by Crippen LogP contribution is 2.20. The first-order chi connectivity index (χ1) is 8.68. The number of hydrogen-bond donors (Lipinski definition) is 1. The van der Waals surface area contributed by atoms with E-state index in [-0.39, 0.29) is 5.91 Å². The molecule has 2 aromatic rings.